The van der Waals surface area contributed by atoms with Crippen LogP contribution in [0.15, 0.2) is 24.5 Å². The average molecular weight is 296 g/mol. The van der Waals surface area contributed by atoms with Crippen molar-refractivity contribution < 1.29 is 9.72 Å². The van der Waals surface area contributed by atoms with Gasteiger partial charge in [0.1, 0.15) is 5.56 Å². The molecule has 0 aliphatic heterocycles. The molecule has 9 heteroatoms. The number of halogens is 1. The third kappa shape index (κ3) is 2.91. The van der Waals surface area contributed by atoms with Crippen molar-refractivity contribution >= 4 is 23.2 Å². The molecular formula is C11H10ClN5O3. The standard InChI is InChI=1S/C11H10ClN5O3/c1-16-5-3-7(15-16)6-14-11(18)8-2-4-13-10(12)9(8)17(19)20/h2-5H,6H2,1H3,(H,14,18). The molecule has 8 nitrogen and oxygen atoms in total. The molecule has 0 fully saturated rings. The molecule has 0 unspecified atom stereocenters. The van der Waals surface area contributed by atoms with E-state index < -0.39 is 16.5 Å². The van der Waals surface area contributed by atoms with Gasteiger partial charge in [-0.2, -0.15) is 5.10 Å². The molecule has 1 N–H and O–H groups in total. The summed E-state index contributed by atoms with van der Waals surface area (Å²) in [6.07, 6.45) is 2.97. The van der Waals surface area contributed by atoms with Crippen molar-refractivity contribution in [3.8, 4) is 0 Å². The Balaban J connectivity index is 2.17. The number of nitrogens with zero attached hydrogens (tertiary/aromatic N) is 4. The predicted molar refractivity (Wildman–Crippen MR) is 70.3 cm³/mol. The Labute approximate surface area is 118 Å². The molecule has 2 aromatic rings. The first-order valence-corrected chi connectivity index (χ1v) is 5.92. The van der Waals surface area contributed by atoms with Gasteiger partial charge in [0, 0.05) is 19.4 Å². The summed E-state index contributed by atoms with van der Waals surface area (Å²) in [5.41, 5.74) is 0.00211. The van der Waals surface area contributed by atoms with Gasteiger partial charge in [-0.1, -0.05) is 11.6 Å². The number of carbonyl (C=O) groups is 1. The quantitative estimate of drug-likeness (QED) is 0.520. The van der Waals surface area contributed by atoms with Crippen molar-refractivity contribution in [1.82, 2.24) is 20.1 Å². The smallest absolute Gasteiger partial charge is 0.319 e. The van der Waals surface area contributed by atoms with Crippen LogP contribution >= 0.6 is 11.6 Å². The molecule has 1 amide bonds. The van der Waals surface area contributed by atoms with E-state index >= 15 is 0 Å². The maximum Gasteiger partial charge on any atom is 0.319 e. The SMILES string of the molecule is Cn1ccc(CNC(=O)c2ccnc(Cl)c2[N+](=O)[O-])n1. The van der Waals surface area contributed by atoms with Gasteiger partial charge in [0.2, 0.25) is 5.15 Å². The third-order valence-electron chi connectivity index (χ3n) is 2.51. The van der Waals surface area contributed by atoms with E-state index in [2.05, 4.69) is 15.4 Å². The van der Waals surface area contributed by atoms with Gasteiger partial charge in [-0.15, -0.1) is 0 Å². The Bertz CT molecular complexity index is 670. The van der Waals surface area contributed by atoms with E-state index in [4.69, 9.17) is 11.6 Å². The molecule has 2 rings (SSSR count). The maximum atomic E-state index is 12.0. The van der Waals surface area contributed by atoms with Gasteiger partial charge in [-0.3, -0.25) is 19.6 Å². The fourth-order valence-corrected chi connectivity index (χ4v) is 1.84. The van der Waals surface area contributed by atoms with Crippen LogP contribution in [-0.2, 0) is 13.6 Å². The minimum Gasteiger partial charge on any atom is -0.346 e. The number of rotatable bonds is 4. The Hall–Kier alpha value is -2.48. The molecule has 0 saturated heterocycles. The van der Waals surface area contributed by atoms with Crippen LogP contribution in [0.25, 0.3) is 0 Å². The topological polar surface area (TPSA) is 103 Å². The van der Waals surface area contributed by atoms with Crippen molar-refractivity contribution in [3.63, 3.8) is 0 Å². The van der Waals surface area contributed by atoms with E-state index in [1.807, 2.05) is 0 Å². The molecule has 0 spiro atoms. The average Bonchev–Trinajstić information content (AvgIpc) is 2.81. The molecule has 0 saturated carbocycles. The summed E-state index contributed by atoms with van der Waals surface area (Å²) in [5, 5.41) is 17.2. The first-order chi connectivity index (χ1) is 9.49. The zero-order valence-electron chi connectivity index (χ0n) is 10.4. The number of hydrogen-bond acceptors (Lipinski definition) is 5. The van der Waals surface area contributed by atoms with E-state index in [-0.39, 0.29) is 17.3 Å². The molecule has 104 valence electrons. The number of aryl methyl sites for hydroxylation is 1. The lowest BCUT2D eigenvalue weighted by Crippen LogP contribution is -2.24. The lowest BCUT2D eigenvalue weighted by molar-refractivity contribution is -0.385. The maximum absolute atomic E-state index is 12.0. The lowest BCUT2D eigenvalue weighted by Gasteiger charge is -2.04. The van der Waals surface area contributed by atoms with E-state index in [1.54, 1.807) is 24.0 Å². The molecule has 0 bridgehead atoms. The number of aromatic nitrogens is 3. The normalized spacial score (nSPS) is 10.3. The van der Waals surface area contributed by atoms with Crippen molar-refractivity contribution in [1.29, 1.82) is 0 Å². The van der Waals surface area contributed by atoms with Gasteiger partial charge in [-0.25, -0.2) is 4.98 Å². The van der Waals surface area contributed by atoms with Crippen LogP contribution in [0.3, 0.4) is 0 Å². The van der Waals surface area contributed by atoms with Gasteiger partial charge < -0.3 is 5.32 Å². The summed E-state index contributed by atoms with van der Waals surface area (Å²) in [7, 11) is 1.75. The number of hydrogen-bond donors (Lipinski definition) is 1. The molecule has 0 aromatic carbocycles. The first-order valence-electron chi connectivity index (χ1n) is 5.54. The minimum atomic E-state index is -0.731. The van der Waals surface area contributed by atoms with Crippen LogP contribution in [0.5, 0.6) is 0 Å². The highest BCUT2D eigenvalue weighted by atomic mass is 35.5. The van der Waals surface area contributed by atoms with Gasteiger partial charge in [0.25, 0.3) is 5.91 Å². The van der Waals surface area contributed by atoms with Crippen LogP contribution in [0.2, 0.25) is 5.15 Å². The second-order valence-corrected chi connectivity index (χ2v) is 4.28. The molecule has 0 radical (unpaired) electrons. The van der Waals surface area contributed by atoms with Crippen LogP contribution in [0.1, 0.15) is 16.1 Å². The molecule has 20 heavy (non-hydrogen) atoms. The highest BCUT2D eigenvalue weighted by Gasteiger charge is 2.24. The van der Waals surface area contributed by atoms with E-state index in [1.165, 1.54) is 12.3 Å². The van der Waals surface area contributed by atoms with Gasteiger partial charge in [0.15, 0.2) is 0 Å². The summed E-state index contributed by atoms with van der Waals surface area (Å²) in [6.45, 7) is 0.163. The molecular weight excluding hydrogens is 286 g/mol. The third-order valence-corrected chi connectivity index (χ3v) is 2.78. The van der Waals surface area contributed by atoms with Gasteiger partial charge in [-0.05, 0) is 12.1 Å². The van der Waals surface area contributed by atoms with Crippen LogP contribution in [0.4, 0.5) is 5.69 Å². The van der Waals surface area contributed by atoms with E-state index in [0.29, 0.717) is 5.69 Å². The highest BCUT2D eigenvalue weighted by molar-refractivity contribution is 6.32. The zero-order valence-corrected chi connectivity index (χ0v) is 11.2. The number of pyridine rings is 1. The van der Waals surface area contributed by atoms with Gasteiger partial charge in [0.05, 0.1) is 17.2 Å². The second kappa shape index (κ2) is 5.66. The summed E-state index contributed by atoms with van der Waals surface area (Å²) < 4.78 is 1.59. The number of nitrogens with one attached hydrogen (secondary N) is 1. The summed E-state index contributed by atoms with van der Waals surface area (Å²) >= 11 is 5.64. The van der Waals surface area contributed by atoms with Crippen molar-refractivity contribution in [2.45, 2.75) is 6.54 Å². The number of nitro groups is 1. The fourth-order valence-electron chi connectivity index (χ4n) is 1.61. The van der Waals surface area contributed by atoms with Gasteiger partial charge >= 0.3 is 5.69 Å². The Kier molecular flexibility index (Phi) is 3.94. The molecule has 2 aromatic heterocycles. The van der Waals surface area contributed by atoms with E-state index in [9.17, 15) is 14.9 Å². The largest absolute Gasteiger partial charge is 0.346 e. The Morgan fingerprint density at radius 3 is 2.90 bits per heavy atom. The minimum absolute atomic E-state index is 0.133. The van der Waals surface area contributed by atoms with Crippen molar-refractivity contribution in [3.05, 3.63) is 51.1 Å². The monoisotopic (exact) mass is 295 g/mol. The predicted octanol–water partition coefficient (Wildman–Crippen LogP) is 1.31. The molecule has 0 aliphatic carbocycles. The van der Waals surface area contributed by atoms with Crippen molar-refractivity contribution in [2.75, 3.05) is 0 Å². The molecule has 0 atom stereocenters. The number of amides is 1. The zero-order chi connectivity index (χ0) is 14.7. The van der Waals surface area contributed by atoms with Crippen molar-refractivity contribution in [2.24, 2.45) is 7.05 Å². The van der Waals surface area contributed by atoms with Crippen LogP contribution in [0, 0.1) is 10.1 Å². The summed E-state index contributed by atoms with van der Waals surface area (Å²) in [4.78, 5) is 25.7. The Morgan fingerprint density at radius 1 is 1.55 bits per heavy atom. The summed E-state index contributed by atoms with van der Waals surface area (Å²) in [5.74, 6) is -0.605. The highest BCUT2D eigenvalue weighted by Crippen LogP contribution is 2.25. The molecule has 2 heterocycles. The lowest BCUT2D eigenvalue weighted by atomic mass is 10.2. The van der Waals surface area contributed by atoms with Crippen LogP contribution in [-0.4, -0.2) is 25.6 Å². The first kappa shape index (κ1) is 13.9. The van der Waals surface area contributed by atoms with E-state index in [0.717, 1.165) is 0 Å². The summed E-state index contributed by atoms with van der Waals surface area (Å²) in [6, 6.07) is 2.98. The molecule has 0 aliphatic rings. The second-order valence-electron chi connectivity index (χ2n) is 3.92. The fraction of sp³-hybridized carbons (Fsp3) is 0.182. The Morgan fingerprint density at radius 2 is 2.30 bits per heavy atom. The number of carbonyl (C=O) groups excluding carboxylic acids is 1. The van der Waals surface area contributed by atoms with Crippen LogP contribution < -0.4 is 5.32 Å².